The molecule has 306 valence electrons. The number of thiophene rings is 1. The van der Waals surface area contributed by atoms with E-state index in [1.165, 1.54) is 59.1 Å². The van der Waals surface area contributed by atoms with Crippen LogP contribution in [0.2, 0.25) is 0 Å². The lowest BCUT2D eigenvalue weighted by molar-refractivity contribution is 0.423. The molecule has 13 rings (SSSR count). The molecule has 3 nitrogen and oxygen atoms in total. The first kappa shape index (κ1) is 37.2. The maximum absolute atomic E-state index is 6.80. The summed E-state index contributed by atoms with van der Waals surface area (Å²) in [6.45, 7) is 9.31. The van der Waals surface area contributed by atoms with Crippen LogP contribution in [0.3, 0.4) is 0 Å². The van der Waals surface area contributed by atoms with Gasteiger partial charge in [-0.2, -0.15) is 0 Å². The Labute approximate surface area is 376 Å². The van der Waals surface area contributed by atoms with Gasteiger partial charge in [-0.05, 0) is 111 Å². The van der Waals surface area contributed by atoms with Gasteiger partial charge in [0.05, 0.1) is 5.39 Å². The third-order valence-corrected chi connectivity index (χ3v) is 15.4. The molecule has 0 atom stereocenters. The second-order valence-electron chi connectivity index (χ2n) is 18.5. The number of rotatable bonds is 5. The lowest BCUT2D eigenvalue weighted by Crippen LogP contribution is -2.24. The third kappa shape index (κ3) is 5.39. The molecule has 0 bridgehead atoms. The number of para-hydroxylation sites is 1. The highest BCUT2D eigenvalue weighted by Crippen LogP contribution is 2.54. The number of hydrogen-bond acceptors (Lipinski definition) is 4. The van der Waals surface area contributed by atoms with Crippen molar-refractivity contribution >= 4 is 70.5 Å². The van der Waals surface area contributed by atoms with Crippen LogP contribution in [-0.2, 0) is 10.8 Å². The molecule has 0 saturated carbocycles. The van der Waals surface area contributed by atoms with Crippen molar-refractivity contribution < 1.29 is 9.15 Å². The molecule has 0 saturated heterocycles. The molecule has 0 N–H and O–H groups in total. The Balaban J connectivity index is 0.890. The van der Waals surface area contributed by atoms with Gasteiger partial charge in [0.15, 0.2) is 0 Å². The predicted octanol–water partition coefficient (Wildman–Crippen LogP) is 17.5. The van der Waals surface area contributed by atoms with Crippen molar-refractivity contribution in [1.29, 1.82) is 0 Å². The summed E-state index contributed by atoms with van der Waals surface area (Å²) in [5.74, 6) is 1.77. The first-order valence-electron chi connectivity index (χ1n) is 22.2. The number of hydrogen-bond donors (Lipinski definition) is 0. The van der Waals surface area contributed by atoms with E-state index in [2.05, 4.69) is 209 Å². The largest absolute Gasteiger partial charge is 0.456 e. The fourth-order valence-electron chi connectivity index (χ4n) is 10.8. The zero-order chi connectivity index (χ0) is 42.9. The maximum Gasteiger partial charge on any atom is 0.143 e. The van der Waals surface area contributed by atoms with Crippen molar-refractivity contribution in [3.63, 3.8) is 0 Å². The van der Waals surface area contributed by atoms with Crippen LogP contribution in [0.25, 0.3) is 75.5 Å². The summed E-state index contributed by atoms with van der Waals surface area (Å²) in [5, 5.41) is 4.75. The molecule has 64 heavy (non-hydrogen) atoms. The van der Waals surface area contributed by atoms with E-state index >= 15 is 0 Å². The first-order chi connectivity index (χ1) is 31.2. The van der Waals surface area contributed by atoms with E-state index in [-0.39, 0.29) is 10.8 Å². The van der Waals surface area contributed by atoms with Gasteiger partial charge in [0.1, 0.15) is 22.7 Å². The van der Waals surface area contributed by atoms with Crippen LogP contribution in [0.5, 0.6) is 11.5 Å². The van der Waals surface area contributed by atoms with Crippen molar-refractivity contribution in [2.45, 2.75) is 38.5 Å². The minimum absolute atomic E-state index is 0.118. The summed E-state index contributed by atoms with van der Waals surface area (Å²) >= 11 is 1.88. The molecule has 0 radical (unpaired) electrons. The molecule has 3 heterocycles. The Kier molecular flexibility index (Phi) is 7.87. The van der Waals surface area contributed by atoms with Crippen molar-refractivity contribution in [3.8, 4) is 44.9 Å². The van der Waals surface area contributed by atoms with Crippen LogP contribution in [-0.4, -0.2) is 0 Å². The second kappa shape index (κ2) is 13.6. The molecular weight excluding hydrogens is 799 g/mol. The highest BCUT2D eigenvalue weighted by Gasteiger charge is 2.37. The molecule has 0 spiro atoms. The molecule has 1 aliphatic carbocycles. The van der Waals surface area contributed by atoms with E-state index in [9.17, 15) is 0 Å². The van der Waals surface area contributed by atoms with E-state index in [0.717, 1.165) is 67.2 Å². The van der Waals surface area contributed by atoms with E-state index in [1.807, 2.05) is 23.5 Å². The summed E-state index contributed by atoms with van der Waals surface area (Å²) in [6.07, 6.45) is 0. The molecule has 2 aromatic heterocycles. The Bertz CT molecular complexity index is 3700. The Hall–Kier alpha value is -7.40. The fraction of sp³-hybridized carbons (Fsp3) is 0.100. The molecule has 11 aromatic rings. The number of fused-ring (bicyclic) bond motifs is 12. The molecule has 2 aliphatic rings. The SMILES string of the molecule is CC1(C)c2ccccc2-c2ccc(N(c3ccc(-c4ccc5c(c4)C(C)(C)c4ccc6oc7ccccc7c6c4O5)cc3)c3ccc(-c4cccc5c4sc4ccccc45)cc3)cc21. The van der Waals surface area contributed by atoms with Crippen molar-refractivity contribution in [2.24, 2.45) is 0 Å². The molecule has 4 heteroatoms. The fourth-order valence-corrected chi connectivity index (χ4v) is 12.0. The van der Waals surface area contributed by atoms with E-state index < -0.39 is 0 Å². The lowest BCUT2D eigenvalue weighted by Gasteiger charge is -2.35. The number of furan rings is 1. The van der Waals surface area contributed by atoms with Crippen LogP contribution in [0.1, 0.15) is 49.9 Å². The van der Waals surface area contributed by atoms with Gasteiger partial charge in [0.25, 0.3) is 0 Å². The van der Waals surface area contributed by atoms with Crippen LogP contribution < -0.4 is 9.64 Å². The topological polar surface area (TPSA) is 25.6 Å². The zero-order valence-electron chi connectivity index (χ0n) is 36.1. The summed E-state index contributed by atoms with van der Waals surface area (Å²) in [5.41, 5.74) is 17.2. The molecule has 0 fully saturated rings. The van der Waals surface area contributed by atoms with E-state index in [4.69, 9.17) is 9.15 Å². The molecule has 0 unspecified atom stereocenters. The van der Waals surface area contributed by atoms with Gasteiger partial charge >= 0.3 is 0 Å². The van der Waals surface area contributed by atoms with Gasteiger partial charge in [0.2, 0.25) is 0 Å². The summed E-state index contributed by atoms with van der Waals surface area (Å²) in [7, 11) is 0. The first-order valence-corrected chi connectivity index (χ1v) is 23.0. The third-order valence-electron chi connectivity index (χ3n) is 14.2. The zero-order valence-corrected chi connectivity index (χ0v) is 36.9. The van der Waals surface area contributed by atoms with Gasteiger partial charge < -0.3 is 14.1 Å². The highest BCUT2D eigenvalue weighted by molar-refractivity contribution is 7.26. The van der Waals surface area contributed by atoms with Gasteiger partial charge in [-0.1, -0.05) is 149 Å². The molecule has 9 aromatic carbocycles. The number of benzene rings is 9. The Morgan fingerprint density at radius 1 is 0.422 bits per heavy atom. The minimum atomic E-state index is -0.294. The van der Waals surface area contributed by atoms with Gasteiger partial charge in [0, 0.05) is 64.6 Å². The van der Waals surface area contributed by atoms with Crippen molar-refractivity contribution in [2.75, 3.05) is 4.90 Å². The van der Waals surface area contributed by atoms with E-state index in [1.54, 1.807) is 0 Å². The van der Waals surface area contributed by atoms with Crippen LogP contribution >= 0.6 is 11.3 Å². The normalized spacial score (nSPS) is 14.3. The predicted molar refractivity (Wildman–Crippen MR) is 268 cm³/mol. The van der Waals surface area contributed by atoms with Gasteiger partial charge in [-0.3, -0.25) is 0 Å². The monoisotopic (exact) mass is 841 g/mol. The maximum atomic E-state index is 6.80. The van der Waals surface area contributed by atoms with Gasteiger partial charge in [-0.25, -0.2) is 0 Å². The van der Waals surface area contributed by atoms with Crippen LogP contribution in [0.4, 0.5) is 17.1 Å². The second-order valence-corrected chi connectivity index (χ2v) is 19.5. The van der Waals surface area contributed by atoms with Crippen molar-refractivity contribution in [3.05, 3.63) is 210 Å². The molecule has 0 amide bonds. The van der Waals surface area contributed by atoms with E-state index in [0.29, 0.717) is 0 Å². The average Bonchev–Trinajstić information content (AvgIpc) is 3.97. The summed E-state index contributed by atoms with van der Waals surface area (Å²) in [6, 6.07) is 68.7. The Morgan fingerprint density at radius 2 is 1.06 bits per heavy atom. The summed E-state index contributed by atoms with van der Waals surface area (Å²) < 4.78 is 15.7. The quantitative estimate of drug-likeness (QED) is 0.173. The molecule has 1 aliphatic heterocycles. The lowest BCUT2D eigenvalue weighted by atomic mass is 9.74. The number of nitrogens with zero attached hydrogens (tertiary/aromatic N) is 1. The van der Waals surface area contributed by atoms with Crippen molar-refractivity contribution in [1.82, 2.24) is 0 Å². The van der Waals surface area contributed by atoms with Gasteiger partial charge in [-0.15, -0.1) is 11.3 Å². The smallest absolute Gasteiger partial charge is 0.143 e. The molecular formula is C60H43NO2S. The highest BCUT2D eigenvalue weighted by atomic mass is 32.1. The van der Waals surface area contributed by atoms with Crippen LogP contribution in [0, 0.1) is 0 Å². The standard InChI is InChI=1S/C60H43NO2S/c1-59(2)48-17-8-5-12-43(48)44-30-29-41(35-50(44)59)61(40-27-22-37(23-28-40)42-15-11-16-46-45-13-7-10-19-55(45)64-58(42)46)39-25-20-36(21-26-39)38-24-32-53-51(34-38)60(3,4)49-31-33-54-56(57(49)63-53)47-14-6-9-18-52(47)62-54/h5-35H,1-4H3. The average molecular weight is 842 g/mol. The number of anilines is 3. The Morgan fingerprint density at radius 3 is 1.89 bits per heavy atom. The number of ether oxygens (including phenoxy) is 1. The summed E-state index contributed by atoms with van der Waals surface area (Å²) in [4.78, 5) is 2.41. The minimum Gasteiger partial charge on any atom is -0.456 e. The van der Waals surface area contributed by atoms with Crippen LogP contribution in [0.15, 0.2) is 192 Å².